The largest absolute Gasteiger partial charge is 0.372 e. The maximum Gasteiger partial charge on any atom is 0.0858 e. The highest BCUT2D eigenvalue weighted by Gasteiger charge is 2.51. The lowest BCUT2D eigenvalue weighted by molar-refractivity contribution is -0.172. The third-order valence-corrected chi connectivity index (χ3v) is 3.35. The molecule has 64 valence electrons. The van der Waals surface area contributed by atoms with E-state index in [0.29, 0.717) is 0 Å². The van der Waals surface area contributed by atoms with Crippen molar-refractivity contribution >= 4 is 0 Å². The van der Waals surface area contributed by atoms with E-state index >= 15 is 0 Å². The zero-order chi connectivity index (χ0) is 7.95. The first-order chi connectivity index (χ1) is 5.16. The van der Waals surface area contributed by atoms with Gasteiger partial charge in [-0.2, -0.15) is 0 Å². The van der Waals surface area contributed by atoms with Crippen molar-refractivity contribution in [2.45, 2.75) is 44.2 Å². The van der Waals surface area contributed by atoms with Crippen molar-refractivity contribution in [3.63, 3.8) is 0 Å². The summed E-state index contributed by atoms with van der Waals surface area (Å²) in [5.41, 5.74) is 0.384. The zero-order valence-electron chi connectivity index (χ0n) is 7.44. The topological polar surface area (TPSA) is 21.3 Å². The van der Waals surface area contributed by atoms with E-state index in [2.05, 4.69) is 19.2 Å². The van der Waals surface area contributed by atoms with Gasteiger partial charge < -0.3 is 10.1 Å². The van der Waals surface area contributed by atoms with Gasteiger partial charge in [-0.05, 0) is 33.1 Å². The molecule has 0 radical (unpaired) electrons. The van der Waals surface area contributed by atoms with Crippen molar-refractivity contribution in [1.82, 2.24) is 5.32 Å². The lowest BCUT2D eigenvalue weighted by Gasteiger charge is -2.55. The van der Waals surface area contributed by atoms with Crippen LogP contribution in [0.2, 0.25) is 0 Å². The molecule has 0 aromatic carbocycles. The number of hydrogen-bond acceptors (Lipinski definition) is 2. The summed E-state index contributed by atoms with van der Waals surface area (Å²) in [5.74, 6) is 0. The molecule has 0 amide bonds. The van der Waals surface area contributed by atoms with Crippen LogP contribution in [0.5, 0.6) is 0 Å². The molecule has 0 aromatic heterocycles. The first kappa shape index (κ1) is 7.56. The van der Waals surface area contributed by atoms with Crippen molar-refractivity contribution in [2.75, 3.05) is 13.2 Å². The number of hydrogen-bond donors (Lipinski definition) is 1. The van der Waals surface area contributed by atoms with E-state index in [-0.39, 0.29) is 11.1 Å². The van der Waals surface area contributed by atoms with Crippen molar-refractivity contribution in [3.8, 4) is 0 Å². The van der Waals surface area contributed by atoms with Gasteiger partial charge in [0.2, 0.25) is 0 Å². The second kappa shape index (κ2) is 2.20. The van der Waals surface area contributed by atoms with Crippen LogP contribution in [0, 0.1) is 0 Å². The summed E-state index contributed by atoms with van der Waals surface area (Å²) in [4.78, 5) is 0. The SMILES string of the molecule is CC1(C)NCCOC12CCC2. The molecule has 2 aliphatic rings. The Morgan fingerprint density at radius 3 is 2.36 bits per heavy atom. The van der Waals surface area contributed by atoms with Crippen LogP contribution in [0.3, 0.4) is 0 Å². The van der Waals surface area contributed by atoms with Gasteiger partial charge in [0.05, 0.1) is 12.2 Å². The molecule has 1 saturated heterocycles. The number of morpholine rings is 1. The summed E-state index contributed by atoms with van der Waals surface area (Å²) in [7, 11) is 0. The van der Waals surface area contributed by atoms with Crippen LogP contribution in [-0.2, 0) is 4.74 Å². The molecule has 1 saturated carbocycles. The second-order valence-electron chi connectivity index (χ2n) is 4.25. The molecule has 2 fully saturated rings. The predicted molar refractivity (Wildman–Crippen MR) is 44.6 cm³/mol. The van der Waals surface area contributed by atoms with Gasteiger partial charge in [-0.15, -0.1) is 0 Å². The Bertz CT molecular complexity index is 161. The van der Waals surface area contributed by atoms with Crippen molar-refractivity contribution in [3.05, 3.63) is 0 Å². The normalized spacial score (nSPS) is 33.3. The van der Waals surface area contributed by atoms with Crippen LogP contribution in [0.25, 0.3) is 0 Å². The quantitative estimate of drug-likeness (QED) is 0.569. The first-order valence-corrected chi connectivity index (χ1v) is 4.55. The molecule has 0 atom stereocenters. The average Bonchev–Trinajstić information content (AvgIpc) is 1.83. The highest BCUT2D eigenvalue weighted by molar-refractivity contribution is 5.08. The molecule has 0 bridgehead atoms. The molecular weight excluding hydrogens is 138 g/mol. The lowest BCUT2D eigenvalue weighted by atomic mass is 9.67. The Balaban J connectivity index is 2.15. The molecule has 2 rings (SSSR count). The number of nitrogens with one attached hydrogen (secondary N) is 1. The lowest BCUT2D eigenvalue weighted by Crippen LogP contribution is -2.67. The maximum absolute atomic E-state index is 5.85. The molecule has 2 nitrogen and oxygen atoms in total. The van der Waals surface area contributed by atoms with E-state index in [0.717, 1.165) is 13.2 Å². The van der Waals surface area contributed by atoms with E-state index in [1.54, 1.807) is 0 Å². The second-order valence-corrected chi connectivity index (χ2v) is 4.25. The molecule has 1 N–H and O–H groups in total. The van der Waals surface area contributed by atoms with Gasteiger partial charge >= 0.3 is 0 Å². The van der Waals surface area contributed by atoms with Gasteiger partial charge in [0.1, 0.15) is 0 Å². The Hall–Kier alpha value is -0.0800. The fraction of sp³-hybridized carbons (Fsp3) is 1.00. The third kappa shape index (κ3) is 0.926. The van der Waals surface area contributed by atoms with Gasteiger partial charge in [-0.3, -0.25) is 0 Å². The summed E-state index contributed by atoms with van der Waals surface area (Å²) >= 11 is 0. The molecular formula is C9H17NO. The van der Waals surface area contributed by atoms with E-state index in [9.17, 15) is 0 Å². The maximum atomic E-state index is 5.85. The highest BCUT2D eigenvalue weighted by Crippen LogP contribution is 2.45. The van der Waals surface area contributed by atoms with Crippen LogP contribution >= 0.6 is 0 Å². The van der Waals surface area contributed by atoms with E-state index < -0.39 is 0 Å². The molecule has 1 heterocycles. The Labute approximate surface area is 68.3 Å². The minimum Gasteiger partial charge on any atom is -0.372 e. The Morgan fingerprint density at radius 2 is 2.00 bits per heavy atom. The predicted octanol–water partition coefficient (Wildman–Crippen LogP) is 1.31. The van der Waals surface area contributed by atoms with Gasteiger partial charge in [0.25, 0.3) is 0 Å². The van der Waals surface area contributed by atoms with Crippen LogP contribution in [-0.4, -0.2) is 24.3 Å². The fourth-order valence-electron chi connectivity index (χ4n) is 2.22. The summed E-state index contributed by atoms with van der Waals surface area (Å²) < 4.78 is 5.85. The minimum absolute atomic E-state index is 0.186. The number of rotatable bonds is 0. The Morgan fingerprint density at radius 1 is 1.27 bits per heavy atom. The summed E-state index contributed by atoms with van der Waals surface area (Å²) in [6, 6.07) is 0. The van der Waals surface area contributed by atoms with Crippen LogP contribution < -0.4 is 5.32 Å². The molecule has 0 unspecified atom stereocenters. The fourth-order valence-corrected chi connectivity index (χ4v) is 2.22. The van der Waals surface area contributed by atoms with Gasteiger partial charge in [-0.1, -0.05) is 0 Å². The molecule has 11 heavy (non-hydrogen) atoms. The first-order valence-electron chi connectivity index (χ1n) is 4.55. The molecule has 1 aliphatic heterocycles. The monoisotopic (exact) mass is 155 g/mol. The summed E-state index contributed by atoms with van der Waals surface area (Å²) in [5, 5.41) is 3.53. The summed E-state index contributed by atoms with van der Waals surface area (Å²) in [6.07, 6.45) is 3.82. The molecule has 1 aliphatic carbocycles. The van der Waals surface area contributed by atoms with Gasteiger partial charge in [0, 0.05) is 12.1 Å². The zero-order valence-corrected chi connectivity index (χ0v) is 7.44. The average molecular weight is 155 g/mol. The van der Waals surface area contributed by atoms with Crippen molar-refractivity contribution in [2.24, 2.45) is 0 Å². The van der Waals surface area contributed by atoms with E-state index in [1.807, 2.05) is 0 Å². The van der Waals surface area contributed by atoms with Crippen LogP contribution in [0.4, 0.5) is 0 Å². The highest BCUT2D eigenvalue weighted by atomic mass is 16.5. The van der Waals surface area contributed by atoms with Gasteiger partial charge in [-0.25, -0.2) is 0 Å². The molecule has 0 aromatic rings. The van der Waals surface area contributed by atoms with E-state index in [4.69, 9.17) is 4.74 Å². The third-order valence-electron chi connectivity index (χ3n) is 3.35. The Kier molecular flexibility index (Phi) is 1.52. The van der Waals surface area contributed by atoms with Crippen molar-refractivity contribution in [1.29, 1.82) is 0 Å². The standard InChI is InChI=1S/C9H17NO/c1-8(2)9(4-3-5-9)11-7-6-10-8/h10H,3-7H2,1-2H3. The molecule has 2 heteroatoms. The summed E-state index contributed by atoms with van der Waals surface area (Å²) in [6.45, 7) is 6.41. The van der Waals surface area contributed by atoms with E-state index in [1.165, 1.54) is 19.3 Å². The smallest absolute Gasteiger partial charge is 0.0858 e. The van der Waals surface area contributed by atoms with Crippen LogP contribution in [0.15, 0.2) is 0 Å². The van der Waals surface area contributed by atoms with Gasteiger partial charge in [0.15, 0.2) is 0 Å². The van der Waals surface area contributed by atoms with Crippen molar-refractivity contribution < 1.29 is 4.74 Å². The molecule has 1 spiro atoms. The minimum atomic E-state index is 0.186. The van der Waals surface area contributed by atoms with Crippen LogP contribution in [0.1, 0.15) is 33.1 Å². The number of ether oxygens (including phenoxy) is 1.